The van der Waals surface area contributed by atoms with Crippen LogP contribution in [-0.4, -0.2) is 0 Å². The predicted octanol–water partition coefficient (Wildman–Crippen LogP) is 6.55. The van der Waals surface area contributed by atoms with Crippen LogP contribution in [0.4, 0.5) is 0 Å². The first kappa shape index (κ1) is 18.6. The van der Waals surface area contributed by atoms with E-state index in [1.807, 2.05) is 12.1 Å². The van der Waals surface area contributed by atoms with E-state index in [0.717, 1.165) is 24.0 Å². The Morgan fingerprint density at radius 3 is 1.53 bits per heavy atom. The molecule has 0 heterocycles. The summed E-state index contributed by atoms with van der Waals surface area (Å²) in [7, 11) is 0. The molecule has 0 aliphatic heterocycles. The Kier molecular flexibility index (Phi) is 4.04. The second-order valence-corrected chi connectivity index (χ2v) is 8.68. The van der Waals surface area contributed by atoms with E-state index in [9.17, 15) is 10.5 Å². The Morgan fingerprint density at radius 2 is 1.06 bits per heavy atom. The van der Waals surface area contributed by atoms with Crippen LogP contribution in [0, 0.1) is 22.7 Å². The molecule has 0 saturated carbocycles. The summed E-state index contributed by atoms with van der Waals surface area (Å²) in [6, 6.07) is 34.4. The molecule has 32 heavy (non-hydrogen) atoms. The summed E-state index contributed by atoms with van der Waals surface area (Å²) in [6.07, 6.45) is 1.72. The van der Waals surface area contributed by atoms with Crippen molar-refractivity contribution in [3.8, 4) is 34.4 Å². The highest BCUT2D eigenvalue weighted by Gasteiger charge is 2.41. The van der Waals surface area contributed by atoms with Crippen LogP contribution in [-0.2, 0) is 18.3 Å². The van der Waals surface area contributed by atoms with Gasteiger partial charge in [0.25, 0.3) is 0 Å². The third kappa shape index (κ3) is 2.44. The van der Waals surface area contributed by atoms with Gasteiger partial charge in [-0.15, -0.1) is 0 Å². The van der Waals surface area contributed by atoms with Gasteiger partial charge >= 0.3 is 0 Å². The van der Waals surface area contributed by atoms with Crippen molar-refractivity contribution < 1.29 is 0 Å². The standard InChI is InChI=1S/C30H20N2/c31-16-15-30(19-32,28-13-5-11-24-22-9-3-1-7-20(22)17-26(24)28)29-14-6-12-25-23-10-4-2-8-21(23)18-27(25)29/h1-14H,15,17-18H2. The van der Waals surface area contributed by atoms with Crippen LogP contribution in [0.3, 0.4) is 0 Å². The Labute approximate surface area is 188 Å². The lowest BCUT2D eigenvalue weighted by Crippen LogP contribution is -2.28. The number of nitrogens with zero attached hydrogens (tertiary/aromatic N) is 2. The fraction of sp³-hybridized carbons (Fsp3) is 0.133. The molecule has 0 spiro atoms. The highest BCUT2D eigenvalue weighted by atomic mass is 14.5. The first-order chi connectivity index (χ1) is 15.8. The molecule has 0 atom stereocenters. The second-order valence-electron chi connectivity index (χ2n) is 8.68. The molecule has 0 aromatic heterocycles. The van der Waals surface area contributed by atoms with Crippen LogP contribution in [0.2, 0.25) is 0 Å². The van der Waals surface area contributed by atoms with E-state index in [2.05, 4.69) is 84.9 Å². The number of hydrogen-bond acceptors (Lipinski definition) is 2. The largest absolute Gasteiger partial charge is 0.198 e. The molecule has 0 saturated heterocycles. The molecule has 0 bridgehead atoms. The summed E-state index contributed by atoms with van der Waals surface area (Å²) >= 11 is 0. The molecule has 2 heteroatoms. The van der Waals surface area contributed by atoms with E-state index in [1.165, 1.54) is 44.5 Å². The first-order valence-corrected chi connectivity index (χ1v) is 11.0. The summed E-state index contributed by atoms with van der Waals surface area (Å²) in [5.74, 6) is 0. The van der Waals surface area contributed by atoms with Crippen LogP contribution in [0.5, 0.6) is 0 Å². The molecule has 2 nitrogen and oxygen atoms in total. The molecular formula is C30H20N2. The van der Waals surface area contributed by atoms with Gasteiger partial charge < -0.3 is 0 Å². The summed E-state index contributed by atoms with van der Waals surface area (Å²) in [5.41, 5.74) is 10.7. The van der Waals surface area contributed by atoms with Crippen LogP contribution < -0.4 is 0 Å². The summed E-state index contributed by atoms with van der Waals surface area (Å²) < 4.78 is 0. The van der Waals surface area contributed by atoms with Gasteiger partial charge in [0.05, 0.1) is 18.6 Å². The Morgan fingerprint density at radius 1 is 0.594 bits per heavy atom. The van der Waals surface area contributed by atoms with Crippen molar-refractivity contribution in [2.24, 2.45) is 0 Å². The number of nitriles is 2. The van der Waals surface area contributed by atoms with Crippen LogP contribution >= 0.6 is 0 Å². The highest BCUT2D eigenvalue weighted by Crippen LogP contribution is 2.48. The molecule has 0 unspecified atom stereocenters. The summed E-state index contributed by atoms with van der Waals surface area (Å²) in [5, 5.41) is 20.6. The average Bonchev–Trinajstić information content (AvgIpc) is 3.41. The SMILES string of the molecule is N#CCC(C#N)(c1cccc2c1Cc1ccccc1-2)c1cccc2c1Cc1ccccc1-2. The zero-order valence-electron chi connectivity index (χ0n) is 17.6. The van der Waals surface area contributed by atoms with E-state index < -0.39 is 5.41 Å². The quantitative estimate of drug-likeness (QED) is 0.333. The van der Waals surface area contributed by atoms with Crippen molar-refractivity contribution in [1.82, 2.24) is 0 Å². The van der Waals surface area contributed by atoms with E-state index >= 15 is 0 Å². The van der Waals surface area contributed by atoms with Crippen LogP contribution in [0.25, 0.3) is 22.3 Å². The lowest BCUT2D eigenvalue weighted by molar-refractivity contribution is 0.664. The molecule has 4 aromatic rings. The minimum absolute atomic E-state index is 0.128. The summed E-state index contributed by atoms with van der Waals surface area (Å²) in [4.78, 5) is 0. The second kappa shape index (κ2) is 6.94. The van der Waals surface area contributed by atoms with E-state index in [4.69, 9.17) is 0 Å². The average molecular weight is 409 g/mol. The maximum absolute atomic E-state index is 10.7. The fourth-order valence-electron chi connectivity index (χ4n) is 5.73. The number of fused-ring (bicyclic) bond motifs is 6. The Bertz CT molecular complexity index is 1380. The van der Waals surface area contributed by atoms with Gasteiger partial charge in [0.2, 0.25) is 0 Å². The van der Waals surface area contributed by atoms with E-state index in [1.54, 1.807) is 0 Å². The number of hydrogen-bond donors (Lipinski definition) is 0. The number of rotatable bonds is 3. The molecule has 6 rings (SSSR count). The van der Waals surface area contributed by atoms with Crippen molar-refractivity contribution in [2.45, 2.75) is 24.7 Å². The van der Waals surface area contributed by atoms with Gasteiger partial charge in [-0.25, -0.2) is 0 Å². The van der Waals surface area contributed by atoms with Gasteiger partial charge in [-0.05, 0) is 68.5 Å². The van der Waals surface area contributed by atoms with Gasteiger partial charge in [-0.3, -0.25) is 0 Å². The van der Waals surface area contributed by atoms with Gasteiger partial charge in [-0.1, -0.05) is 84.9 Å². The smallest absolute Gasteiger partial charge is 0.121 e. The monoisotopic (exact) mass is 408 g/mol. The van der Waals surface area contributed by atoms with Crippen LogP contribution in [0.1, 0.15) is 39.8 Å². The fourth-order valence-corrected chi connectivity index (χ4v) is 5.73. The lowest BCUT2D eigenvalue weighted by atomic mass is 9.69. The van der Waals surface area contributed by atoms with Crippen molar-refractivity contribution in [3.05, 3.63) is 118 Å². The Balaban J connectivity index is 1.61. The van der Waals surface area contributed by atoms with Gasteiger partial charge in [0.1, 0.15) is 5.41 Å². The summed E-state index contributed by atoms with van der Waals surface area (Å²) in [6.45, 7) is 0. The van der Waals surface area contributed by atoms with Crippen molar-refractivity contribution >= 4 is 0 Å². The van der Waals surface area contributed by atoms with E-state index in [-0.39, 0.29) is 6.42 Å². The van der Waals surface area contributed by atoms with E-state index in [0.29, 0.717) is 0 Å². The number of benzene rings is 4. The molecule has 0 amide bonds. The highest BCUT2D eigenvalue weighted by molar-refractivity contribution is 5.82. The van der Waals surface area contributed by atoms with Crippen molar-refractivity contribution in [1.29, 1.82) is 10.5 Å². The van der Waals surface area contributed by atoms with Gasteiger partial charge in [0, 0.05) is 0 Å². The Hall–Kier alpha value is -4.14. The maximum atomic E-state index is 10.7. The third-order valence-corrected chi connectivity index (χ3v) is 7.16. The molecule has 150 valence electrons. The minimum Gasteiger partial charge on any atom is -0.198 e. The molecular weight excluding hydrogens is 388 g/mol. The normalized spacial score (nSPS) is 12.8. The molecule has 0 N–H and O–H groups in total. The van der Waals surface area contributed by atoms with Crippen molar-refractivity contribution in [3.63, 3.8) is 0 Å². The molecule has 0 fully saturated rings. The molecule has 2 aliphatic carbocycles. The molecule has 4 aromatic carbocycles. The molecule has 0 radical (unpaired) electrons. The van der Waals surface area contributed by atoms with Gasteiger partial charge in [0.15, 0.2) is 0 Å². The maximum Gasteiger partial charge on any atom is 0.121 e. The topological polar surface area (TPSA) is 47.6 Å². The predicted molar refractivity (Wildman–Crippen MR) is 126 cm³/mol. The lowest BCUT2D eigenvalue weighted by Gasteiger charge is -2.30. The van der Waals surface area contributed by atoms with Crippen molar-refractivity contribution in [2.75, 3.05) is 0 Å². The first-order valence-electron chi connectivity index (χ1n) is 11.0. The van der Waals surface area contributed by atoms with Gasteiger partial charge in [-0.2, -0.15) is 10.5 Å². The van der Waals surface area contributed by atoms with Crippen LogP contribution in [0.15, 0.2) is 84.9 Å². The third-order valence-electron chi connectivity index (χ3n) is 7.16. The zero-order chi connectivity index (χ0) is 21.7. The molecule has 2 aliphatic rings. The zero-order valence-corrected chi connectivity index (χ0v) is 17.6. The minimum atomic E-state index is -1.00.